The third-order valence-corrected chi connectivity index (χ3v) is 2.50. The molecule has 0 saturated carbocycles. The number of benzene rings is 1. The second-order valence-electron chi connectivity index (χ2n) is 3.90. The molecule has 0 N–H and O–H groups in total. The minimum atomic E-state index is 1.05. The molecular weight excluding hydrogens is 182 g/mol. The van der Waals surface area contributed by atoms with Crippen molar-refractivity contribution in [1.29, 1.82) is 0 Å². The fourth-order valence-corrected chi connectivity index (χ4v) is 1.64. The molecule has 0 atom stereocenters. The van der Waals surface area contributed by atoms with Crippen molar-refractivity contribution in [3.8, 4) is 0 Å². The number of aryl methyl sites for hydroxylation is 1. The predicted octanol–water partition coefficient (Wildman–Crippen LogP) is 3.79. The van der Waals surface area contributed by atoms with Crippen LogP contribution in [0.3, 0.4) is 0 Å². The Morgan fingerprint density at radius 3 is 2.40 bits per heavy atom. The van der Waals surface area contributed by atoms with Crippen LogP contribution in [0, 0.1) is 6.92 Å². The second-order valence-corrected chi connectivity index (χ2v) is 3.90. The van der Waals surface area contributed by atoms with Crippen LogP contribution in [-0.4, -0.2) is 13.1 Å². The highest BCUT2D eigenvalue weighted by Crippen LogP contribution is 2.15. The lowest BCUT2D eigenvalue weighted by molar-refractivity contribution is 0.765. The fraction of sp³-hybridized carbons (Fsp3) is 0.429. The average molecular weight is 203 g/mol. The van der Waals surface area contributed by atoms with Crippen LogP contribution in [0.5, 0.6) is 0 Å². The molecule has 0 aliphatic heterocycles. The highest BCUT2D eigenvalue weighted by atomic mass is 15.1. The standard InChI is InChI=1S/C14H21N/c1-4-6-12-15(11-5-2)14-9-7-13(3)8-10-14/h4,7-10H,1,5-6,11-12H2,2-3H3. The minimum absolute atomic E-state index is 1.05. The van der Waals surface area contributed by atoms with E-state index < -0.39 is 0 Å². The van der Waals surface area contributed by atoms with E-state index in [0.717, 1.165) is 19.5 Å². The summed E-state index contributed by atoms with van der Waals surface area (Å²) in [6.45, 7) is 10.3. The molecule has 0 bridgehead atoms. The predicted molar refractivity (Wildman–Crippen MR) is 68.5 cm³/mol. The summed E-state index contributed by atoms with van der Waals surface area (Å²) in [7, 11) is 0. The van der Waals surface area contributed by atoms with E-state index in [4.69, 9.17) is 0 Å². The summed E-state index contributed by atoms with van der Waals surface area (Å²) < 4.78 is 0. The minimum Gasteiger partial charge on any atom is -0.371 e. The zero-order chi connectivity index (χ0) is 11.1. The van der Waals surface area contributed by atoms with Gasteiger partial charge in [0, 0.05) is 18.8 Å². The van der Waals surface area contributed by atoms with Crippen LogP contribution >= 0.6 is 0 Å². The van der Waals surface area contributed by atoms with Crippen molar-refractivity contribution in [2.75, 3.05) is 18.0 Å². The molecule has 0 saturated heterocycles. The number of hydrogen-bond donors (Lipinski definition) is 0. The zero-order valence-corrected chi connectivity index (χ0v) is 9.87. The van der Waals surface area contributed by atoms with Crippen molar-refractivity contribution >= 4 is 5.69 Å². The average Bonchev–Trinajstić information content (AvgIpc) is 2.25. The van der Waals surface area contributed by atoms with Gasteiger partial charge in [-0.3, -0.25) is 0 Å². The third-order valence-electron chi connectivity index (χ3n) is 2.50. The van der Waals surface area contributed by atoms with E-state index >= 15 is 0 Å². The number of hydrogen-bond acceptors (Lipinski definition) is 1. The summed E-state index contributed by atoms with van der Waals surface area (Å²) in [5, 5.41) is 0. The summed E-state index contributed by atoms with van der Waals surface area (Å²) in [5.41, 5.74) is 2.64. The molecule has 15 heavy (non-hydrogen) atoms. The highest BCUT2D eigenvalue weighted by Gasteiger charge is 2.03. The molecule has 0 fully saturated rings. The van der Waals surface area contributed by atoms with E-state index in [2.05, 4.69) is 49.6 Å². The van der Waals surface area contributed by atoms with Crippen molar-refractivity contribution in [3.63, 3.8) is 0 Å². The van der Waals surface area contributed by atoms with Gasteiger partial charge in [-0.15, -0.1) is 6.58 Å². The molecule has 1 rings (SSSR count). The fourth-order valence-electron chi connectivity index (χ4n) is 1.64. The molecule has 0 unspecified atom stereocenters. The van der Waals surface area contributed by atoms with Gasteiger partial charge in [0.05, 0.1) is 0 Å². The van der Waals surface area contributed by atoms with Crippen LogP contribution in [0.15, 0.2) is 36.9 Å². The van der Waals surface area contributed by atoms with E-state index in [1.807, 2.05) is 6.08 Å². The van der Waals surface area contributed by atoms with Crippen molar-refractivity contribution in [2.24, 2.45) is 0 Å². The molecule has 0 aromatic heterocycles. The molecular formula is C14H21N. The molecule has 0 amide bonds. The SMILES string of the molecule is C=CCCN(CCC)c1ccc(C)cc1. The summed E-state index contributed by atoms with van der Waals surface area (Å²) in [6.07, 6.45) is 4.22. The lowest BCUT2D eigenvalue weighted by Crippen LogP contribution is -2.24. The normalized spacial score (nSPS) is 10.0. The zero-order valence-electron chi connectivity index (χ0n) is 9.87. The van der Waals surface area contributed by atoms with Crippen molar-refractivity contribution in [1.82, 2.24) is 0 Å². The van der Waals surface area contributed by atoms with E-state index in [-0.39, 0.29) is 0 Å². The maximum atomic E-state index is 3.77. The first-order chi connectivity index (χ1) is 7.27. The lowest BCUT2D eigenvalue weighted by Gasteiger charge is -2.23. The molecule has 0 aliphatic carbocycles. The Balaban J connectivity index is 2.69. The Kier molecular flexibility index (Phi) is 4.96. The summed E-state index contributed by atoms with van der Waals surface area (Å²) >= 11 is 0. The van der Waals surface area contributed by atoms with Crippen molar-refractivity contribution in [3.05, 3.63) is 42.5 Å². The Hall–Kier alpha value is -1.24. The lowest BCUT2D eigenvalue weighted by atomic mass is 10.2. The molecule has 0 heterocycles. The summed E-state index contributed by atoms with van der Waals surface area (Å²) in [5.74, 6) is 0. The molecule has 0 aliphatic rings. The second kappa shape index (κ2) is 6.28. The topological polar surface area (TPSA) is 3.24 Å². The molecule has 1 nitrogen and oxygen atoms in total. The molecule has 82 valence electrons. The van der Waals surface area contributed by atoms with Gasteiger partial charge in [-0.25, -0.2) is 0 Å². The van der Waals surface area contributed by atoms with Crippen LogP contribution in [-0.2, 0) is 0 Å². The monoisotopic (exact) mass is 203 g/mol. The first-order valence-corrected chi connectivity index (χ1v) is 5.70. The van der Waals surface area contributed by atoms with Gasteiger partial charge in [0.15, 0.2) is 0 Å². The van der Waals surface area contributed by atoms with E-state index in [1.54, 1.807) is 0 Å². The maximum Gasteiger partial charge on any atom is 0.0366 e. The Morgan fingerprint density at radius 2 is 1.87 bits per heavy atom. The summed E-state index contributed by atoms with van der Waals surface area (Å²) in [6, 6.07) is 8.75. The van der Waals surface area contributed by atoms with Crippen LogP contribution in [0.25, 0.3) is 0 Å². The Morgan fingerprint density at radius 1 is 1.20 bits per heavy atom. The third kappa shape index (κ3) is 3.78. The van der Waals surface area contributed by atoms with Gasteiger partial charge in [-0.05, 0) is 31.9 Å². The molecule has 0 radical (unpaired) electrons. The first-order valence-electron chi connectivity index (χ1n) is 5.70. The van der Waals surface area contributed by atoms with Crippen molar-refractivity contribution in [2.45, 2.75) is 26.7 Å². The summed E-state index contributed by atoms with van der Waals surface area (Å²) in [4.78, 5) is 2.42. The van der Waals surface area contributed by atoms with Gasteiger partial charge < -0.3 is 4.90 Å². The van der Waals surface area contributed by atoms with Gasteiger partial charge in [0.1, 0.15) is 0 Å². The van der Waals surface area contributed by atoms with Crippen LogP contribution in [0.2, 0.25) is 0 Å². The Bertz CT molecular complexity index is 287. The molecule has 1 heteroatoms. The largest absolute Gasteiger partial charge is 0.371 e. The quantitative estimate of drug-likeness (QED) is 0.636. The molecule has 1 aromatic rings. The number of rotatable bonds is 6. The van der Waals surface area contributed by atoms with Gasteiger partial charge >= 0.3 is 0 Å². The number of nitrogens with zero attached hydrogens (tertiary/aromatic N) is 1. The van der Waals surface area contributed by atoms with E-state index in [1.165, 1.54) is 17.7 Å². The van der Waals surface area contributed by atoms with Gasteiger partial charge in [-0.2, -0.15) is 0 Å². The van der Waals surface area contributed by atoms with Gasteiger partial charge in [0.25, 0.3) is 0 Å². The van der Waals surface area contributed by atoms with Crippen LogP contribution in [0.4, 0.5) is 5.69 Å². The Labute approximate surface area is 93.4 Å². The van der Waals surface area contributed by atoms with Crippen molar-refractivity contribution < 1.29 is 0 Å². The maximum absolute atomic E-state index is 3.77. The molecule has 1 aromatic carbocycles. The highest BCUT2D eigenvalue weighted by molar-refractivity contribution is 5.47. The number of anilines is 1. The van der Waals surface area contributed by atoms with Crippen LogP contribution in [0.1, 0.15) is 25.3 Å². The van der Waals surface area contributed by atoms with Gasteiger partial charge in [-0.1, -0.05) is 30.7 Å². The first kappa shape index (κ1) is 11.8. The van der Waals surface area contributed by atoms with E-state index in [0.29, 0.717) is 0 Å². The smallest absolute Gasteiger partial charge is 0.0366 e. The molecule has 0 spiro atoms. The van der Waals surface area contributed by atoms with Gasteiger partial charge in [0.2, 0.25) is 0 Å². The van der Waals surface area contributed by atoms with E-state index in [9.17, 15) is 0 Å². The van der Waals surface area contributed by atoms with Crippen LogP contribution < -0.4 is 4.90 Å².